The number of hydrogen-bond donors (Lipinski definition) is 2. The lowest BCUT2D eigenvalue weighted by molar-refractivity contribution is 0.229. The fraction of sp³-hybridized carbons (Fsp3) is 0.150. The number of anilines is 1. The highest BCUT2D eigenvalue weighted by atomic mass is 16.5. The maximum absolute atomic E-state index is 12.9. The summed E-state index contributed by atoms with van der Waals surface area (Å²) in [5.41, 5.74) is 3.35. The smallest absolute Gasteiger partial charge is 0.330 e. The number of aromatic amines is 1. The normalized spacial score (nSPS) is 18.2. The fourth-order valence-electron chi connectivity index (χ4n) is 3.51. The lowest BCUT2D eigenvalue weighted by Gasteiger charge is -2.25. The summed E-state index contributed by atoms with van der Waals surface area (Å²) in [7, 11) is 0. The highest BCUT2D eigenvalue weighted by Gasteiger charge is 2.42. The molecule has 0 bridgehead atoms. The predicted molar refractivity (Wildman–Crippen MR) is 105 cm³/mol. The molecule has 2 aliphatic heterocycles. The van der Waals surface area contributed by atoms with Gasteiger partial charge in [-0.25, -0.2) is 4.79 Å². The van der Waals surface area contributed by atoms with Crippen molar-refractivity contribution >= 4 is 22.8 Å². The summed E-state index contributed by atoms with van der Waals surface area (Å²) in [6, 6.07) is 9.55. The van der Waals surface area contributed by atoms with Crippen LogP contribution < -0.4 is 15.0 Å². The number of imidazole rings is 1. The minimum Gasteiger partial charge on any atom is -0.426 e. The average molecular weight is 374 g/mol. The SMILES string of the molecule is CCN1C(=O)N(c2ccc(Oc3nc4ccncc4[nH]3)cc2)C2NC=CC=C21. The van der Waals surface area contributed by atoms with E-state index in [0.717, 1.165) is 22.4 Å². The van der Waals surface area contributed by atoms with Crippen LogP contribution in [-0.4, -0.2) is 38.6 Å². The van der Waals surface area contributed by atoms with E-state index in [2.05, 4.69) is 20.3 Å². The third-order valence-electron chi connectivity index (χ3n) is 4.81. The van der Waals surface area contributed by atoms with Gasteiger partial charge in [-0.05, 0) is 55.6 Å². The van der Waals surface area contributed by atoms with Crippen molar-refractivity contribution in [2.24, 2.45) is 0 Å². The van der Waals surface area contributed by atoms with Gasteiger partial charge < -0.3 is 15.0 Å². The summed E-state index contributed by atoms with van der Waals surface area (Å²) in [6.45, 7) is 2.59. The van der Waals surface area contributed by atoms with Gasteiger partial charge in [-0.1, -0.05) is 0 Å². The number of ether oxygens (including phenoxy) is 1. The van der Waals surface area contributed by atoms with Crippen molar-refractivity contribution in [1.82, 2.24) is 25.2 Å². The van der Waals surface area contributed by atoms with Crippen molar-refractivity contribution in [1.29, 1.82) is 0 Å². The zero-order valence-electron chi connectivity index (χ0n) is 15.2. The van der Waals surface area contributed by atoms with E-state index in [4.69, 9.17) is 4.74 Å². The average Bonchev–Trinajstić information content (AvgIpc) is 3.25. The molecule has 2 amide bonds. The van der Waals surface area contributed by atoms with Gasteiger partial charge in [-0.3, -0.25) is 14.8 Å². The molecular weight excluding hydrogens is 356 g/mol. The minimum atomic E-state index is -0.202. The van der Waals surface area contributed by atoms with Crippen molar-refractivity contribution in [2.45, 2.75) is 13.1 Å². The van der Waals surface area contributed by atoms with Crippen molar-refractivity contribution < 1.29 is 9.53 Å². The molecule has 8 nitrogen and oxygen atoms in total. The second kappa shape index (κ2) is 6.41. The van der Waals surface area contributed by atoms with Crippen LogP contribution in [0.5, 0.6) is 11.8 Å². The topological polar surface area (TPSA) is 86.4 Å². The number of carbonyl (C=O) groups excluding carboxylic acids is 1. The van der Waals surface area contributed by atoms with Crippen LogP contribution >= 0.6 is 0 Å². The highest BCUT2D eigenvalue weighted by Crippen LogP contribution is 2.33. The third-order valence-corrected chi connectivity index (χ3v) is 4.81. The molecule has 4 heterocycles. The number of aromatic nitrogens is 3. The van der Waals surface area contributed by atoms with Crippen LogP contribution in [0.25, 0.3) is 11.0 Å². The Morgan fingerprint density at radius 1 is 1.21 bits per heavy atom. The molecule has 0 saturated carbocycles. The monoisotopic (exact) mass is 374 g/mol. The first-order valence-electron chi connectivity index (χ1n) is 9.06. The summed E-state index contributed by atoms with van der Waals surface area (Å²) in [5, 5.41) is 3.26. The van der Waals surface area contributed by atoms with Crippen LogP contribution in [0.15, 0.2) is 66.8 Å². The van der Waals surface area contributed by atoms with E-state index in [1.807, 2.05) is 55.6 Å². The number of likely N-dealkylation sites (N-methyl/N-ethyl adjacent to an activating group) is 1. The maximum atomic E-state index is 12.9. The second-order valence-corrected chi connectivity index (χ2v) is 6.45. The van der Waals surface area contributed by atoms with E-state index in [-0.39, 0.29) is 12.2 Å². The Kier molecular flexibility index (Phi) is 3.75. The standard InChI is InChI=1S/C20H18N6O2/c1-2-25-17-4-3-10-22-18(17)26(20(25)27)13-5-7-14(8-6-13)28-19-23-15-9-11-21-12-16(15)24-19/h3-12,18,22H,2H2,1H3,(H,23,24). The predicted octanol–water partition coefficient (Wildman–Crippen LogP) is 3.34. The van der Waals surface area contributed by atoms with Crippen LogP contribution in [0.1, 0.15) is 6.92 Å². The first-order chi connectivity index (χ1) is 13.7. The number of hydrogen-bond acceptors (Lipinski definition) is 5. The Morgan fingerprint density at radius 3 is 2.86 bits per heavy atom. The Labute approximate surface area is 161 Å². The van der Waals surface area contributed by atoms with E-state index < -0.39 is 0 Å². The molecule has 28 heavy (non-hydrogen) atoms. The number of benzene rings is 1. The highest BCUT2D eigenvalue weighted by molar-refractivity contribution is 5.98. The number of dihydropyridines is 1. The molecule has 0 aliphatic carbocycles. The largest absolute Gasteiger partial charge is 0.426 e. The summed E-state index contributed by atoms with van der Waals surface area (Å²) in [6.07, 6.45) is 8.91. The van der Waals surface area contributed by atoms with Crippen molar-refractivity contribution in [2.75, 3.05) is 11.4 Å². The number of rotatable bonds is 4. The maximum Gasteiger partial charge on any atom is 0.330 e. The summed E-state index contributed by atoms with van der Waals surface area (Å²) >= 11 is 0. The Morgan fingerprint density at radius 2 is 2.07 bits per heavy atom. The molecular formula is C20H18N6O2. The molecule has 140 valence electrons. The first-order valence-corrected chi connectivity index (χ1v) is 9.06. The molecule has 1 saturated heterocycles. The number of amides is 2. The van der Waals surface area contributed by atoms with Gasteiger partial charge in [-0.2, -0.15) is 4.98 Å². The first kappa shape index (κ1) is 16.4. The number of carbonyl (C=O) groups is 1. The van der Waals surface area contributed by atoms with Crippen LogP contribution in [0, 0.1) is 0 Å². The molecule has 0 spiro atoms. The van der Waals surface area contributed by atoms with Crippen molar-refractivity contribution in [3.05, 3.63) is 66.8 Å². The molecule has 2 aromatic heterocycles. The molecule has 1 aromatic carbocycles. The molecule has 1 fully saturated rings. The van der Waals surface area contributed by atoms with E-state index in [9.17, 15) is 4.79 Å². The van der Waals surface area contributed by atoms with Crippen LogP contribution in [0.2, 0.25) is 0 Å². The Hall–Kier alpha value is -3.81. The van der Waals surface area contributed by atoms with Gasteiger partial charge in [0.05, 0.1) is 22.9 Å². The molecule has 1 atom stereocenters. The van der Waals surface area contributed by atoms with E-state index >= 15 is 0 Å². The second-order valence-electron chi connectivity index (χ2n) is 6.45. The van der Waals surface area contributed by atoms with E-state index in [0.29, 0.717) is 18.3 Å². The Balaban J connectivity index is 1.39. The van der Waals surface area contributed by atoms with Gasteiger partial charge in [0.1, 0.15) is 11.9 Å². The molecule has 2 N–H and O–H groups in total. The van der Waals surface area contributed by atoms with Crippen LogP contribution in [0.3, 0.4) is 0 Å². The molecule has 0 radical (unpaired) electrons. The van der Waals surface area contributed by atoms with Gasteiger partial charge >= 0.3 is 6.03 Å². The van der Waals surface area contributed by atoms with Crippen LogP contribution in [0.4, 0.5) is 10.5 Å². The van der Waals surface area contributed by atoms with Crippen LogP contribution in [-0.2, 0) is 0 Å². The van der Waals surface area contributed by atoms with E-state index in [1.165, 1.54) is 0 Å². The number of allylic oxidation sites excluding steroid dienone is 2. The third kappa shape index (κ3) is 2.58. The molecule has 5 rings (SSSR count). The molecule has 1 unspecified atom stereocenters. The van der Waals surface area contributed by atoms with Gasteiger partial charge in [0.2, 0.25) is 0 Å². The zero-order valence-corrected chi connectivity index (χ0v) is 15.2. The zero-order chi connectivity index (χ0) is 19.1. The van der Waals surface area contributed by atoms with Crippen molar-refractivity contribution in [3.8, 4) is 11.8 Å². The minimum absolute atomic E-state index is 0.0478. The lowest BCUT2D eigenvalue weighted by Crippen LogP contribution is -2.42. The number of H-pyrrole nitrogens is 1. The molecule has 2 aliphatic rings. The lowest BCUT2D eigenvalue weighted by atomic mass is 10.2. The van der Waals surface area contributed by atoms with Gasteiger partial charge in [0.15, 0.2) is 0 Å². The Bertz CT molecular complexity index is 1070. The summed E-state index contributed by atoms with van der Waals surface area (Å²) in [4.78, 5) is 27.9. The number of urea groups is 1. The summed E-state index contributed by atoms with van der Waals surface area (Å²) in [5.74, 6) is 0.627. The fourth-order valence-corrected chi connectivity index (χ4v) is 3.51. The molecule has 3 aromatic rings. The van der Waals surface area contributed by atoms with E-state index in [1.54, 1.807) is 22.2 Å². The van der Waals surface area contributed by atoms with Gasteiger partial charge in [0.25, 0.3) is 6.01 Å². The molecule has 8 heteroatoms. The number of nitrogens with one attached hydrogen (secondary N) is 2. The number of nitrogens with zero attached hydrogens (tertiary/aromatic N) is 4. The van der Waals surface area contributed by atoms with Gasteiger partial charge in [0, 0.05) is 18.4 Å². The number of fused-ring (bicyclic) bond motifs is 2. The van der Waals surface area contributed by atoms with Crippen molar-refractivity contribution in [3.63, 3.8) is 0 Å². The summed E-state index contributed by atoms with van der Waals surface area (Å²) < 4.78 is 5.81. The quantitative estimate of drug-likeness (QED) is 0.731. The van der Waals surface area contributed by atoms with Gasteiger partial charge in [-0.15, -0.1) is 0 Å². The number of pyridine rings is 1.